The van der Waals surface area contributed by atoms with E-state index < -0.39 is 5.54 Å². The number of hydrogen-bond acceptors (Lipinski definition) is 3. The minimum Gasteiger partial charge on any atom is -0.391 e. The summed E-state index contributed by atoms with van der Waals surface area (Å²) in [4.78, 5) is 24.8. The molecule has 1 rings (SSSR count). The number of thiocarbonyl (C=S) groups is 1. The van der Waals surface area contributed by atoms with E-state index in [0.717, 1.165) is 0 Å². The van der Waals surface area contributed by atoms with Gasteiger partial charge >= 0.3 is 0 Å². The number of carbonyl (C=O) groups is 2. The summed E-state index contributed by atoms with van der Waals surface area (Å²) in [6.45, 7) is 3.78. The van der Waals surface area contributed by atoms with Gasteiger partial charge in [-0.25, -0.2) is 0 Å². The van der Waals surface area contributed by atoms with E-state index in [4.69, 9.17) is 18.0 Å². The van der Waals surface area contributed by atoms with Crippen LogP contribution in [-0.2, 0) is 9.59 Å². The van der Waals surface area contributed by atoms with E-state index in [1.165, 1.54) is 4.90 Å². The van der Waals surface area contributed by atoms with Crippen molar-refractivity contribution in [2.45, 2.75) is 45.1 Å². The molecule has 2 N–H and O–H groups in total. The second kappa shape index (κ2) is 4.26. The first kappa shape index (κ1) is 12.1. The van der Waals surface area contributed by atoms with Crippen LogP contribution < -0.4 is 5.73 Å². The molecule has 0 aromatic carbocycles. The second-order valence-corrected chi connectivity index (χ2v) is 4.17. The Bertz CT molecular complexity index is 295. The maximum Gasteiger partial charge on any atom is 0.230 e. The highest BCUT2D eigenvalue weighted by Gasteiger charge is 2.46. The minimum absolute atomic E-state index is 0.156. The Balaban J connectivity index is 3.13. The molecule has 0 aliphatic carbocycles. The van der Waals surface area contributed by atoms with Crippen LogP contribution in [0.1, 0.15) is 39.5 Å². The van der Waals surface area contributed by atoms with Gasteiger partial charge in [-0.1, -0.05) is 26.1 Å². The van der Waals surface area contributed by atoms with Crippen LogP contribution in [0.25, 0.3) is 0 Å². The lowest BCUT2D eigenvalue weighted by atomic mass is 9.90. The van der Waals surface area contributed by atoms with Gasteiger partial charge in [0, 0.05) is 12.8 Å². The quantitative estimate of drug-likeness (QED) is 0.575. The monoisotopic (exact) mass is 228 g/mol. The first-order chi connectivity index (χ1) is 6.99. The molecule has 1 aliphatic heterocycles. The molecule has 0 radical (unpaired) electrons. The minimum atomic E-state index is -0.750. The highest BCUT2D eigenvalue weighted by Crippen LogP contribution is 2.30. The summed E-state index contributed by atoms with van der Waals surface area (Å²) in [5.41, 5.74) is 4.93. The van der Waals surface area contributed by atoms with Crippen molar-refractivity contribution < 1.29 is 9.59 Å². The van der Waals surface area contributed by atoms with E-state index in [9.17, 15) is 9.59 Å². The molecule has 0 atom stereocenters. The predicted octanol–water partition coefficient (Wildman–Crippen LogP) is 0.980. The van der Waals surface area contributed by atoms with Gasteiger partial charge in [-0.2, -0.15) is 0 Å². The lowest BCUT2D eigenvalue weighted by molar-refractivity contribution is -0.143. The average molecular weight is 228 g/mol. The zero-order valence-corrected chi connectivity index (χ0v) is 9.89. The van der Waals surface area contributed by atoms with Gasteiger partial charge in [0.2, 0.25) is 11.8 Å². The summed E-state index contributed by atoms with van der Waals surface area (Å²) in [5, 5.41) is 0. The fourth-order valence-electron chi connectivity index (χ4n) is 2.08. The topological polar surface area (TPSA) is 63.4 Å². The van der Waals surface area contributed by atoms with E-state index in [0.29, 0.717) is 12.8 Å². The number of rotatable bonds is 4. The van der Waals surface area contributed by atoms with E-state index >= 15 is 0 Å². The molecule has 5 heteroatoms. The lowest BCUT2D eigenvalue weighted by Gasteiger charge is -2.38. The van der Waals surface area contributed by atoms with Crippen LogP contribution in [0, 0.1) is 0 Å². The smallest absolute Gasteiger partial charge is 0.230 e. The van der Waals surface area contributed by atoms with Gasteiger partial charge < -0.3 is 5.73 Å². The molecule has 2 amide bonds. The van der Waals surface area contributed by atoms with Crippen molar-refractivity contribution >= 4 is 29.0 Å². The normalized spacial score (nSPS) is 17.3. The van der Waals surface area contributed by atoms with Gasteiger partial charge in [0.25, 0.3) is 0 Å². The molecule has 1 saturated heterocycles. The van der Waals surface area contributed by atoms with Crippen LogP contribution in [0.4, 0.5) is 0 Å². The Morgan fingerprint density at radius 3 is 2.00 bits per heavy atom. The molecular weight excluding hydrogens is 212 g/mol. The lowest BCUT2D eigenvalue weighted by Crippen LogP contribution is -2.58. The maximum absolute atomic E-state index is 11.6. The van der Waals surface area contributed by atoms with Crippen molar-refractivity contribution in [3.63, 3.8) is 0 Å². The van der Waals surface area contributed by atoms with Crippen LogP contribution in [0.3, 0.4) is 0 Å². The molecule has 0 spiro atoms. The van der Waals surface area contributed by atoms with E-state index in [1.807, 2.05) is 13.8 Å². The molecule has 0 aromatic rings. The first-order valence-corrected chi connectivity index (χ1v) is 5.56. The summed E-state index contributed by atoms with van der Waals surface area (Å²) in [6.07, 6.45) is 1.72. The number of carbonyl (C=O) groups excluding carboxylic acids is 2. The summed E-state index contributed by atoms with van der Waals surface area (Å²) in [7, 11) is 0. The number of likely N-dealkylation sites (tertiary alicyclic amines) is 1. The van der Waals surface area contributed by atoms with Gasteiger partial charge in [-0.15, -0.1) is 0 Å². The van der Waals surface area contributed by atoms with Gasteiger partial charge in [0.05, 0.1) is 10.5 Å². The fraction of sp³-hybridized carbons (Fsp3) is 0.700. The number of nitrogens with two attached hydrogens (primary N) is 1. The number of imide groups is 1. The zero-order chi connectivity index (χ0) is 11.6. The van der Waals surface area contributed by atoms with Crippen LogP contribution in [0.15, 0.2) is 0 Å². The van der Waals surface area contributed by atoms with Crippen molar-refractivity contribution in [2.24, 2.45) is 5.73 Å². The first-order valence-electron chi connectivity index (χ1n) is 5.15. The Labute approximate surface area is 94.8 Å². The zero-order valence-electron chi connectivity index (χ0n) is 9.08. The van der Waals surface area contributed by atoms with Gasteiger partial charge in [-0.3, -0.25) is 14.5 Å². The summed E-state index contributed by atoms with van der Waals surface area (Å²) >= 11 is 5.00. The molecule has 0 bridgehead atoms. The number of nitrogens with zero attached hydrogens (tertiary/aromatic N) is 1. The molecule has 84 valence electrons. The molecule has 0 saturated carbocycles. The molecule has 1 fully saturated rings. The van der Waals surface area contributed by atoms with E-state index in [1.54, 1.807) is 0 Å². The standard InChI is InChI=1S/C10H16N2O2S/c1-3-10(4-2,9(11)15)12-7(13)5-6-8(12)14/h3-6H2,1-2H3,(H2,11,15). The third kappa shape index (κ3) is 1.76. The van der Waals surface area contributed by atoms with Crippen LogP contribution >= 0.6 is 12.2 Å². The molecule has 4 nitrogen and oxygen atoms in total. The molecule has 0 unspecified atom stereocenters. The van der Waals surface area contributed by atoms with E-state index in [-0.39, 0.29) is 29.6 Å². The Morgan fingerprint density at radius 1 is 1.33 bits per heavy atom. The molecule has 0 aromatic heterocycles. The average Bonchev–Trinajstić information content (AvgIpc) is 2.52. The number of amides is 2. The fourth-order valence-corrected chi connectivity index (χ4v) is 2.46. The summed E-state index contributed by atoms with van der Waals surface area (Å²) < 4.78 is 0. The highest BCUT2D eigenvalue weighted by molar-refractivity contribution is 7.80. The summed E-state index contributed by atoms with van der Waals surface area (Å²) in [5.74, 6) is -0.312. The van der Waals surface area contributed by atoms with Crippen molar-refractivity contribution in [3.05, 3.63) is 0 Å². The van der Waals surface area contributed by atoms with Crippen molar-refractivity contribution in [1.29, 1.82) is 0 Å². The van der Waals surface area contributed by atoms with Crippen LogP contribution in [0.5, 0.6) is 0 Å². The molecule has 15 heavy (non-hydrogen) atoms. The molecule has 1 aliphatic rings. The van der Waals surface area contributed by atoms with Gasteiger partial charge in [-0.05, 0) is 12.8 Å². The van der Waals surface area contributed by atoms with Crippen LogP contribution in [0.2, 0.25) is 0 Å². The Morgan fingerprint density at radius 2 is 1.73 bits per heavy atom. The molecular formula is C10H16N2O2S. The number of hydrogen-bond donors (Lipinski definition) is 1. The third-order valence-corrected chi connectivity index (χ3v) is 3.49. The van der Waals surface area contributed by atoms with Crippen LogP contribution in [-0.4, -0.2) is 27.2 Å². The molecule has 1 heterocycles. The summed E-state index contributed by atoms with van der Waals surface area (Å²) in [6, 6.07) is 0. The highest BCUT2D eigenvalue weighted by atomic mass is 32.1. The van der Waals surface area contributed by atoms with Crippen molar-refractivity contribution in [2.75, 3.05) is 0 Å². The Kier molecular flexibility index (Phi) is 3.44. The van der Waals surface area contributed by atoms with Gasteiger partial charge in [0.1, 0.15) is 0 Å². The second-order valence-electron chi connectivity index (χ2n) is 3.73. The SMILES string of the molecule is CCC(CC)(C(N)=S)N1C(=O)CCC1=O. The predicted molar refractivity (Wildman–Crippen MR) is 61.2 cm³/mol. The van der Waals surface area contributed by atoms with Crippen molar-refractivity contribution in [3.8, 4) is 0 Å². The maximum atomic E-state index is 11.6. The largest absolute Gasteiger partial charge is 0.391 e. The third-order valence-electron chi connectivity index (χ3n) is 3.11. The van der Waals surface area contributed by atoms with Gasteiger partial charge in [0.15, 0.2) is 0 Å². The Hall–Kier alpha value is -0.970. The van der Waals surface area contributed by atoms with Crippen molar-refractivity contribution in [1.82, 2.24) is 4.90 Å². The van der Waals surface area contributed by atoms with E-state index in [2.05, 4.69) is 0 Å².